The average Bonchev–Trinajstić information content (AvgIpc) is 2.19. The van der Waals surface area contributed by atoms with E-state index in [1.54, 1.807) is 7.11 Å². The summed E-state index contributed by atoms with van der Waals surface area (Å²) in [5, 5.41) is 3.57. The van der Waals surface area contributed by atoms with Crippen LogP contribution in [0.3, 0.4) is 0 Å². The molecule has 0 amide bonds. The van der Waals surface area contributed by atoms with Crippen LogP contribution in [0.1, 0.15) is 32.6 Å². The second-order valence-corrected chi connectivity index (χ2v) is 4.19. The van der Waals surface area contributed by atoms with E-state index in [0.717, 1.165) is 6.61 Å². The first-order chi connectivity index (χ1) is 6.77. The maximum atomic E-state index is 5.48. The molecule has 14 heavy (non-hydrogen) atoms. The molecule has 1 N–H and O–H groups in total. The smallest absolute Gasteiger partial charge is 0.0724 e. The molecule has 3 nitrogen and oxygen atoms in total. The Morgan fingerprint density at radius 1 is 1.29 bits per heavy atom. The number of hydrogen-bond acceptors (Lipinski definition) is 3. The second-order valence-electron chi connectivity index (χ2n) is 4.19. The lowest BCUT2D eigenvalue weighted by Crippen LogP contribution is -2.48. The van der Waals surface area contributed by atoms with Gasteiger partial charge in [-0.15, -0.1) is 0 Å². The van der Waals surface area contributed by atoms with Gasteiger partial charge in [-0.1, -0.05) is 12.8 Å². The molecule has 0 unspecified atom stereocenters. The van der Waals surface area contributed by atoms with Crippen molar-refractivity contribution in [1.82, 2.24) is 5.32 Å². The molecule has 0 saturated heterocycles. The van der Waals surface area contributed by atoms with E-state index in [-0.39, 0.29) is 0 Å². The summed E-state index contributed by atoms with van der Waals surface area (Å²) < 4.78 is 10.6. The highest BCUT2D eigenvalue weighted by molar-refractivity contribution is 4.83. The number of rotatable bonds is 5. The van der Waals surface area contributed by atoms with Gasteiger partial charge in [0.15, 0.2) is 0 Å². The van der Waals surface area contributed by atoms with Crippen LogP contribution in [0.25, 0.3) is 0 Å². The molecule has 3 atom stereocenters. The van der Waals surface area contributed by atoms with E-state index in [1.165, 1.54) is 25.7 Å². The van der Waals surface area contributed by atoms with Crippen molar-refractivity contribution in [2.75, 3.05) is 20.8 Å². The molecule has 0 aromatic carbocycles. The summed E-state index contributed by atoms with van der Waals surface area (Å²) in [5.74, 6) is 0. The largest absolute Gasteiger partial charge is 0.383 e. The molecule has 84 valence electrons. The Hall–Kier alpha value is -0.120. The fraction of sp³-hybridized carbons (Fsp3) is 1.00. The molecule has 0 spiro atoms. The number of hydrogen-bond donors (Lipinski definition) is 1. The van der Waals surface area contributed by atoms with Crippen molar-refractivity contribution in [3.8, 4) is 0 Å². The lowest BCUT2D eigenvalue weighted by molar-refractivity contribution is 0.0336. The van der Waals surface area contributed by atoms with Gasteiger partial charge in [-0.2, -0.15) is 0 Å². The molecule has 1 aliphatic carbocycles. The lowest BCUT2D eigenvalue weighted by Gasteiger charge is -2.33. The summed E-state index contributed by atoms with van der Waals surface area (Å²) in [7, 11) is 3.55. The van der Waals surface area contributed by atoms with Crippen LogP contribution in [0.15, 0.2) is 0 Å². The Balaban J connectivity index is 2.32. The van der Waals surface area contributed by atoms with Crippen LogP contribution in [-0.4, -0.2) is 39.0 Å². The first kappa shape index (κ1) is 12.0. The molecule has 1 aliphatic rings. The zero-order valence-electron chi connectivity index (χ0n) is 9.58. The minimum atomic E-state index is 0.392. The maximum absolute atomic E-state index is 5.48. The van der Waals surface area contributed by atoms with E-state index in [0.29, 0.717) is 18.2 Å². The third-order valence-corrected chi connectivity index (χ3v) is 2.92. The minimum Gasteiger partial charge on any atom is -0.383 e. The Morgan fingerprint density at radius 2 is 2.00 bits per heavy atom. The van der Waals surface area contributed by atoms with E-state index in [2.05, 4.69) is 12.2 Å². The molecule has 0 aliphatic heterocycles. The van der Waals surface area contributed by atoms with Crippen LogP contribution in [0.4, 0.5) is 0 Å². The molecule has 1 saturated carbocycles. The van der Waals surface area contributed by atoms with E-state index in [9.17, 15) is 0 Å². The minimum absolute atomic E-state index is 0.392. The van der Waals surface area contributed by atoms with E-state index in [4.69, 9.17) is 9.47 Å². The van der Waals surface area contributed by atoms with Crippen molar-refractivity contribution in [3.63, 3.8) is 0 Å². The highest BCUT2D eigenvalue weighted by Gasteiger charge is 2.25. The van der Waals surface area contributed by atoms with E-state index in [1.807, 2.05) is 7.11 Å². The summed E-state index contributed by atoms with van der Waals surface area (Å²) in [5.41, 5.74) is 0. The Kier molecular flexibility index (Phi) is 5.45. The van der Waals surface area contributed by atoms with Gasteiger partial charge < -0.3 is 14.8 Å². The molecule has 1 fully saturated rings. The van der Waals surface area contributed by atoms with Gasteiger partial charge >= 0.3 is 0 Å². The quantitative estimate of drug-likeness (QED) is 0.732. The van der Waals surface area contributed by atoms with E-state index < -0.39 is 0 Å². The molecule has 0 heterocycles. The first-order valence-electron chi connectivity index (χ1n) is 5.55. The third-order valence-electron chi connectivity index (χ3n) is 2.92. The molecule has 3 heteroatoms. The van der Waals surface area contributed by atoms with Gasteiger partial charge in [-0.3, -0.25) is 0 Å². The molecular formula is C11H23NO2. The van der Waals surface area contributed by atoms with Gasteiger partial charge in [0.1, 0.15) is 0 Å². The Bertz CT molecular complexity index is 152. The summed E-state index contributed by atoms with van der Waals surface area (Å²) >= 11 is 0. The molecule has 0 bridgehead atoms. The fourth-order valence-corrected chi connectivity index (χ4v) is 2.23. The zero-order valence-corrected chi connectivity index (χ0v) is 9.58. The van der Waals surface area contributed by atoms with Crippen molar-refractivity contribution in [2.24, 2.45) is 0 Å². The Morgan fingerprint density at radius 3 is 2.64 bits per heavy atom. The maximum Gasteiger partial charge on any atom is 0.0724 e. The van der Waals surface area contributed by atoms with Crippen LogP contribution in [0.2, 0.25) is 0 Å². The van der Waals surface area contributed by atoms with Gasteiger partial charge in [-0.05, 0) is 19.8 Å². The standard InChI is InChI=1S/C11H23NO2/c1-9(8-13-2)12-10-6-4-5-7-11(10)14-3/h9-12H,4-8H2,1-3H3/t9-,10+,11+/m0/s1. The van der Waals surface area contributed by atoms with Crippen LogP contribution >= 0.6 is 0 Å². The normalized spacial score (nSPS) is 30.2. The van der Waals surface area contributed by atoms with Crippen LogP contribution < -0.4 is 5.32 Å². The van der Waals surface area contributed by atoms with Crippen molar-refractivity contribution in [3.05, 3.63) is 0 Å². The number of methoxy groups -OCH3 is 2. The van der Waals surface area contributed by atoms with Crippen LogP contribution in [0.5, 0.6) is 0 Å². The Labute approximate surface area is 87.2 Å². The third kappa shape index (κ3) is 3.56. The highest BCUT2D eigenvalue weighted by atomic mass is 16.5. The summed E-state index contributed by atoms with van der Waals surface area (Å²) in [6, 6.07) is 0.930. The van der Waals surface area contributed by atoms with Gasteiger partial charge in [-0.25, -0.2) is 0 Å². The fourth-order valence-electron chi connectivity index (χ4n) is 2.23. The molecule has 0 aromatic heterocycles. The topological polar surface area (TPSA) is 30.5 Å². The van der Waals surface area contributed by atoms with Gasteiger partial charge in [0.2, 0.25) is 0 Å². The molecular weight excluding hydrogens is 178 g/mol. The van der Waals surface area contributed by atoms with Gasteiger partial charge in [0.25, 0.3) is 0 Å². The van der Waals surface area contributed by atoms with Crippen molar-refractivity contribution < 1.29 is 9.47 Å². The van der Waals surface area contributed by atoms with Crippen LogP contribution in [-0.2, 0) is 9.47 Å². The van der Waals surface area contributed by atoms with E-state index >= 15 is 0 Å². The van der Waals surface area contributed by atoms with Crippen molar-refractivity contribution in [2.45, 2.75) is 50.8 Å². The van der Waals surface area contributed by atoms with Crippen molar-refractivity contribution in [1.29, 1.82) is 0 Å². The summed E-state index contributed by atoms with van der Waals surface area (Å²) in [6.45, 7) is 2.93. The molecule has 1 rings (SSSR count). The van der Waals surface area contributed by atoms with Gasteiger partial charge in [0, 0.05) is 26.3 Å². The SMILES string of the molecule is COC[C@H](C)N[C@@H]1CCCC[C@H]1OC. The first-order valence-corrected chi connectivity index (χ1v) is 5.55. The number of ether oxygens (including phenoxy) is 2. The average molecular weight is 201 g/mol. The zero-order chi connectivity index (χ0) is 10.4. The molecule has 0 radical (unpaired) electrons. The predicted molar refractivity (Wildman–Crippen MR) is 57.5 cm³/mol. The highest BCUT2D eigenvalue weighted by Crippen LogP contribution is 2.21. The summed E-state index contributed by atoms with van der Waals surface area (Å²) in [6.07, 6.45) is 5.43. The van der Waals surface area contributed by atoms with Crippen LogP contribution in [0, 0.1) is 0 Å². The molecule has 0 aromatic rings. The second kappa shape index (κ2) is 6.38. The summed E-state index contributed by atoms with van der Waals surface area (Å²) in [4.78, 5) is 0. The monoisotopic (exact) mass is 201 g/mol. The van der Waals surface area contributed by atoms with Crippen molar-refractivity contribution >= 4 is 0 Å². The lowest BCUT2D eigenvalue weighted by atomic mass is 9.92. The predicted octanol–water partition coefficient (Wildman–Crippen LogP) is 1.57. The van der Waals surface area contributed by atoms with Gasteiger partial charge in [0.05, 0.1) is 12.7 Å². The number of nitrogens with one attached hydrogen (secondary N) is 1.